The Kier molecular flexibility index (Phi) is 3.88. The Morgan fingerprint density at radius 3 is 1.70 bits per heavy atom. The van der Waals surface area contributed by atoms with Crippen LogP contribution in [0, 0.1) is 0 Å². The maximum Gasteiger partial charge on any atom is 0.416 e. The Labute approximate surface area is 114 Å². The van der Waals surface area contributed by atoms with Crippen molar-refractivity contribution in [3.05, 3.63) is 48.0 Å². The summed E-state index contributed by atoms with van der Waals surface area (Å²) < 4.78 is 48.2. The van der Waals surface area contributed by atoms with Gasteiger partial charge in [-0.1, -0.05) is 18.2 Å². The van der Waals surface area contributed by atoms with E-state index in [9.17, 15) is 13.2 Å². The molecule has 0 aliphatic heterocycles. The molecule has 0 aliphatic carbocycles. The molecular formula is C15H13F3O2. The Hall–Kier alpha value is -2.17. The van der Waals surface area contributed by atoms with Gasteiger partial charge in [0.2, 0.25) is 0 Å². The molecule has 0 unspecified atom stereocenters. The van der Waals surface area contributed by atoms with E-state index >= 15 is 0 Å². The van der Waals surface area contributed by atoms with Gasteiger partial charge in [-0.15, -0.1) is 0 Å². The zero-order valence-electron chi connectivity index (χ0n) is 11.0. The van der Waals surface area contributed by atoms with Gasteiger partial charge in [-0.2, -0.15) is 13.2 Å². The molecule has 0 saturated heterocycles. The second-order valence-electron chi connectivity index (χ2n) is 4.11. The van der Waals surface area contributed by atoms with Crippen molar-refractivity contribution < 1.29 is 22.6 Å². The van der Waals surface area contributed by atoms with E-state index in [1.807, 2.05) is 0 Å². The fraction of sp³-hybridized carbons (Fsp3) is 0.200. The van der Waals surface area contributed by atoms with Crippen molar-refractivity contribution in [2.24, 2.45) is 0 Å². The van der Waals surface area contributed by atoms with Crippen molar-refractivity contribution in [3.8, 4) is 22.6 Å². The molecule has 0 atom stereocenters. The number of ether oxygens (including phenoxy) is 2. The summed E-state index contributed by atoms with van der Waals surface area (Å²) in [5.41, 5.74) is 0.550. The van der Waals surface area contributed by atoms with Gasteiger partial charge < -0.3 is 9.47 Å². The minimum atomic E-state index is -4.34. The highest BCUT2D eigenvalue weighted by Crippen LogP contribution is 2.39. The molecule has 5 heteroatoms. The zero-order valence-corrected chi connectivity index (χ0v) is 11.0. The number of hydrogen-bond acceptors (Lipinski definition) is 2. The maximum absolute atomic E-state index is 12.6. The van der Waals surface area contributed by atoms with E-state index < -0.39 is 11.7 Å². The van der Waals surface area contributed by atoms with Gasteiger partial charge in [0, 0.05) is 0 Å². The molecule has 0 bridgehead atoms. The number of benzene rings is 2. The summed E-state index contributed by atoms with van der Waals surface area (Å²) in [5.74, 6) is 1.09. The molecular weight excluding hydrogens is 269 g/mol. The molecule has 2 aromatic carbocycles. The third kappa shape index (κ3) is 2.71. The Balaban J connectivity index is 2.51. The van der Waals surface area contributed by atoms with E-state index in [4.69, 9.17) is 9.47 Å². The molecule has 20 heavy (non-hydrogen) atoms. The van der Waals surface area contributed by atoms with Gasteiger partial charge in [0.15, 0.2) is 0 Å². The highest BCUT2D eigenvalue weighted by atomic mass is 19.4. The maximum atomic E-state index is 12.6. The lowest BCUT2D eigenvalue weighted by Crippen LogP contribution is -2.04. The van der Waals surface area contributed by atoms with Crippen LogP contribution < -0.4 is 9.47 Å². The van der Waals surface area contributed by atoms with Crippen LogP contribution in [-0.4, -0.2) is 14.2 Å². The molecule has 0 N–H and O–H groups in total. The largest absolute Gasteiger partial charge is 0.496 e. The summed E-state index contributed by atoms with van der Waals surface area (Å²) in [7, 11) is 3.00. The van der Waals surface area contributed by atoms with Crippen LogP contribution >= 0.6 is 0 Å². The molecule has 2 aromatic rings. The monoisotopic (exact) mass is 282 g/mol. The summed E-state index contributed by atoms with van der Waals surface area (Å²) in [6.45, 7) is 0. The Morgan fingerprint density at radius 1 is 0.800 bits per heavy atom. The van der Waals surface area contributed by atoms with E-state index in [1.165, 1.54) is 26.4 Å². The number of alkyl halides is 3. The number of rotatable bonds is 3. The van der Waals surface area contributed by atoms with Gasteiger partial charge in [0.1, 0.15) is 11.5 Å². The minimum Gasteiger partial charge on any atom is -0.496 e. The lowest BCUT2D eigenvalue weighted by atomic mass is 10.0. The zero-order chi connectivity index (χ0) is 14.8. The summed E-state index contributed by atoms with van der Waals surface area (Å²) in [5, 5.41) is 0. The van der Waals surface area contributed by atoms with Crippen LogP contribution in [0.5, 0.6) is 11.5 Å². The highest BCUT2D eigenvalue weighted by molar-refractivity contribution is 5.77. The Bertz CT molecular complexity index is 567. The van der Waals surface area contributed by atoms with Crippen molar-refractivity contribution in [2.45, 2.75) is 6.18 Å². The normalized spacial score (nSPS) is 11.2. The number of methoxy groups -OCH3 is 2. The van der Waals surface area contributed by atoms with Crippen LogP contribution in [0.1, 0.15) is 5.56 Å². The summed E-state index contributed by atoms with van der Waals surface area (Å²) in [4.78, 5) is 0. The quantitative estimate of drug-likeness (QED) is 0.831. The predicted octanol–water partition coefficient (Wildman–Crippen LogP) is 4.39. The molecule has 2 nitrogen and oxygen atoms in total. The lowest BCUT2D eigenvalue weighted by Gasteiger charge is -2.14. The first kappa shape index (κ1) is 14.2. The second kappa shape index (κ2) is 5.45. The first-order valence-corrected chi connectivity index (χ1v) is 5.86. The molecule has 0 saturated carbocycles. The Morgan fingerprint density at radius 2 is 1.30 bits per heavy atom. The SMILES string of the molecule is COc1cccc(OC)c1-c1ccc(C(F)(F)F)cc1. The van der Waals surface area contributed by atoms with E-state index in [1.54, 1.807) is 18.2 Å². The van der Waals surface area contributed by atoms with Crippen molar-refractivity contribution in [1.29, 1.82) is 0 Å². The van der Waals surface area contributed by atoms with E-state index in [-0.39, 0.29) is 0 Å². The molecule has 0 spiro atoms. The predicted molar refractivity (Wildman–Crippen MR) is 70.0 cm³/mol. The number of hydrogen-bond donors (Lipinski definition) is 0. The smallest absolute Gasteiger partial charge is 0.416 e. The second-order valence-corrected chi connectivity index (χ2v) is 4.11. The van der Waals surface area contributed by atoms with Gasteiger partial charge in [-0.05, 0) is 29.8 Å². The van der Waals surface area contributed by atoms with Crippen LogP contribution in [0.3, 0.4) is 0 Å². The molecule has 106 valence electrons. The fourth-order valence-electron chi connectivity index (χ4n) is 1.96. The van der Waals surface area contributed by atoms with Gasteiger partial charge >= 0.3 is 6.18 Å². The standard InChI is InChI=1S/C15H13F3O2/c1-19-12-4-3-5-13(20-2)14(12)10-6-8-11(9-7-10)15(16,17)18/h3-9H,1-2H3. The third-order valence-corrected chi connectivity index (χ3v) is 2.93. The first-order valence-electron chi connectivity index (χ1n) is 5.86. The molecule has 0 amide bonds. The average molecular weight is 282 g/mol. The van der Waals surface area contributed by atoms with E-state index in [2.05, 4.69) is 0 Å². The molecule has 0 heterocycles. The van der Waals surface area contributed by atoms with Gasteiger partial charge in [0.25, 0.3) is 0 Å². The van der Waals surface area contributed by atoms with E-state index in [0.717, 1.165) is 12.1 Å². The summed E-state index contributed by atoms with van der Waals surface area (Å²) >= 11 is 0. The average Bonchev–Trinajstić information content (AvgIpc) is 2.45. The van der Waals surface area contributed by atoms with Gasteiger partial charge in [0.05, 0.1) is 25.3 Å². The van der Waals surface area contributed by atoms with Crippen molar-refractivity contribution in [1.82, 2.24) is 0 Å². The highest BCUT2D eigenvalue weighted by Gasteiger charge is 2.30. The van der Waals surface area contributed by atoms with Crippen molar-refractivity contribution >= 4 is 0 Å². The topological polar surface area (TPSA) is 18.5 Å². The van der Waals surface area contributed by atoms with E-state index in [0.29, 0.717) is 22.6 Å². The molecule has 0 fully saturated rings. The number of halogens is 3. The van der Waals surface area contributed by atoms with Gasteiger partial charge in [-0.3, -0.25) is 0 Å². The van der Waals surface area contributed by atoms with Crippen LogP contribution in [0.15, 0.2) is 42.5 Å². The lowest BCUT2D eigenvalue weighted by molar-refractivity contribution is -0.137. The first-order chi connectivity index (χ1) is 9.47. The third-order valence-electron chi connectivity index (χ3n) is 2.93. The molecule has 0 radical (unpaired) electrons. The van der Waals surface area contributed by atoms with Crippen LogP contribution in [-0.2, 0) is 6.18 Å². The minimum absolute atomic E-state index is 0.545. The van der Waals surface area contributed by atoms with Crippen molar-refractivity contribution in [3.63, 3.8) is 0 Å². The fourth-order valence-corrected chi connectivity index (χ4v) is 1.96. The van der Waals surface area contributed by atoms with Gasteiger partial charge in [-0.25, -0.2) is 0 Å². The molecule has 0 aliphatic rings. The van der Waals surface area contributed by atoms with Crippen molar-refractivity contribution in [2.75, 3.05) is 14.2 Å². The van der Waals surface area contributed by atoms with Crippen LogP contribution in [0.2, 0.25) is 0 Å². The summed E-state index contributed by atoms with van der Waals surface area (Å²) in [6.07, 6.45) is -4.34. The summed E-state index contributed by atoms with van der Waals surface area (Å²) in [6, 6.07) is 10.1. The van der Waals surface area contributed by atoms with Crippen LogP contribution in [0.4, 0.5) is 13.2 Å². The molecule has 0 aromatic heterocycles. The van der Waals surface area contributed by atoms with Crippen LogP contribution in [0.25, 0.3) is 11.1 Å². The molecule has 2 rings (SSSR count).